The van der Waals surface area contributed by atoms with Crippen molar-refractivity contribution in [2.75, 3.05) is 10.6 Å². The zero-order valence-electron chi connectivity index (χ0n) is 18.2. The van der Waals surface area contributed by atoms with Gasteiger partial charge < -0.3 is 15.6 Å². The number of amides is 2. The Bertz CT molecular complexity index is 1210. The normalized spacial score (nSPS) is 19.7. The molecule has 3 aromatic rings. The van der Waals surface area contributed by atoms with Crippen molar-refractivity contribution < 1.29 is 9.59 Å². The topological polar surface area (TPSA) is 151 Å². The molecular weight excluding hydrogens is 474 g/mol. The van der Waals surface area contributed by atoms with E-state index in [0.717, 1.165) is 47.8 Å². The summed E-state index contributed by atoms with van der Waals surface area (Å²) in [6.45, 7) is 0. The molecule has 1 saturated carbocycles. The smallest absolute Gasteiger partial charge is 0.232 e. The fraction of sp³-hybridized carbons (Fsp3) is 0.429. The maximum Gasteiger partial charge on any atom is 0.232 e. The van der Waals surface area contributed by atoms with Gasteiger partial charge in [0, 0.05) is 36.4 Å². The number of nitrogens with one attached hydrogen (secondary N) is 3. The average molecular weight is 498 g/mol. The highest BCUT2D eigenvalue weighted by atomic mass is 32.1. The summed E-state index contributed by atoms with van der Waals surface area (Å²) in [5.41, 5.74) is 1.46. The first-order valence-electron chi connectivity index (χ1n) is 11.1. The number of imidazole rings is 1. The Balaban J connectivity index is 1.16. The number of rotatable bonds is 8. The highest BCUT2D eigenvalue weighted by molar-refractivity contribution is 7.15. The van der Waals surface area contributed by atoms with Crippen molar-refractivity contribution in [1.82, 2.24) is 30.4 Å². The molecule has 2 amide bonds. The minimum Gasteiger partial charge on any atom is -0.351 e. The van der Waals surface area contributed by atoms with Crippen LogP contribution in [-0.2, 0) is 16.0 Å². The van der Waals surface area contributed by atoms with E-state index in [4.69, 9.17) is 0 Å². The Morgan fingerprint density at radius 1 is 0.971 bits per heavy atom. The Hall–Kier alpha value is -3.32. The quantitative estimate of drug-likeness (QED) is 0.431. The average Bonchev–Trinajstić information content (AvgIpc) is 3.63. The number of hydrogen-bond donors (Lipinski definition) is 3. The molecule has 13 heteroatoms. The number of aromatic nitrogens is 6. The van der Waals surface area contributed by atoms with Crippen LogP contribution < -0.4 is 10.6 Å². The number of nitrogens with zero attached hydrogens (tertiary/aromatic N) is 6. The highest BCUT2D eigenvalue weighted by Gasteiger charge is 2.29. The van der Waals surface area contributed by atoms with Crippen LogP contribution >= 0.6 is 22.7 Å². The van der Waals surface area contributed by atoms with Crippen LogP contribution in [0.25, 0.3) is 0 Å². The lowest BCUT2D eigenvalue weighted by atomic mass is 9.82. The lowest BCUT2D eigenvalue weighted by Crippen LogP contribution is -2.14. The Labute approximate surface area is 203 Å². The zero-order chi connectivity index (χ0) is 23.3. The minimum absolute atomic E-state index is 0.134. The van der Waals surface area contributed by atoms with Crippen molar-refractivity contribution in [3.63, 3.8) is 0 Å². The summed E-state index contributed by atoms with van der Waals surface area (Å²) in [5.74, 6) is 0.203. The van der Waals surface area contributed by atoms with Crippen LogP contribution in [0.5, 0.6) is 0 Å². The number of hydrogen-bond acceptors (Lipinski definition) is 10. The monoisotopic (exact) mass is 497 g/mol. The van der Waals surface area contributed by atoms with Crippen LogP contribution in [-0.4, -0.2) is 48.4 Å². The van der Waals surface area contributed by atoms with E-state index in [0.29, 0.717) is 16.0 Å². The highest BCUT2D eigenvalue weighted by Crippen LogP contribution is 2.43. The summed E-state index contributed by atoms with van der Waals surface area (Å²) in [4.78, 5) is 35.5. The van der Waals surface area contributed by atoms with Crippen LogP contribution in [0, 0.1) is 0 Å². The van der Waals surface area contributed by atoms with Gasteiger partial charge in [-0.2, -0.15) is 0 Å². The molecule has 11 nitrogen and oxygen atoms in total. The largest absolute Gasteiger partial charge is 0.351 e. The molecule has 176 valence electrons. The molecule has 34 heavy (non-hydrogen) atoms. The fourth-order valence-electron chi connectivity index (χ4n) is 4.11. The van der Waals surface area contributed by atoms with Gasteiger partial charge in [-0.25, -0.2) is 4.98 Å². The summed E-state index contributed by atoms with van der Waals surface area (Å²) >= 11 is 2.85. The predicted octanol–water partition coefficient (Wildman–Crippen LogP) is 3.42. The van der Waals surface area contributed by atoms with Gasteiger partial charge in [0.05, 0.1) is 24.9 Å². The molecule has 5 rings (SSSR count). The predicted molar refractivity (Wildman–Crippen MR) is 129 cm³/mol. The van der Waals surface area contributed by atoms with Crippen molar-refractivity contribution in [3.8, 4) is 0 Å². The summed E-state index contributed by atoms with van der Waals surface area (Å²) < 4.78 is 0. The number of carbonyl (C=O) groups is 2. The molecule has 0 radical (unpaired) electrons. The molecule has 2 atom stereocenters. The van der Waals surface area contributed by atoms with Gasteiger partial charge >= 0.3 is 0 Å². The molecule has 2 aliphatic rings. The maximum atomic E-state index is 12.2. The maximum absolute atomic E-state index is 12.2. The standard InChI is InChI=1S/C21H23N9O2S2/c31-16(8-14-5-2-6-23-14)25-20-29-27-18(33-20)12-3-1-4-13(7-12)19-28-30-21(34-19)26-17(32)9-15-10-22-11-24-15/h5-6,10-13H,1-4,7-9H2,(H,22,24)(H,25,29,31)(H,26,30,32)/t12-,13-/m0/s1. The number of aromatic amines is 1. The molecule has 3 N–H and O–H groups in total. The van der Waals surface area contributed by atoms with E-state index in [1.165, 1.54) is 22.7 Å². The third-order valence-electron chi connectivity index (χ3n) is 5.70. The van der Waals surface area contributed by atoms with Gasteiger partial charge in [-0.1, -0.05) is 35.2 Å². The van der Waals surface area contributed by atoms with E-state index in [1.807, 2.05) is 6.08 Å². The molecule has 1 aliphatic heterocycles. The number of allylic oxidation sites excluding steroid dienone is 1. The molecule has 1 fully saturated rings. The molecule has 0 aromatic carbocycles. The van der Waals surface area contributed by atoms with Crippen molar-refractivity contribution in [1.29, 1.82) is 0 Å². The zero-order valence-corrected chi connectivity index (χ0v) is 19.9. The van der Waals surface area contributed by atoms with Crippen molar-refractivity contribution in [3.05, 3.63) is 40.0 Å². The first-order chi connectivity index (χ1) is 16.6. The van der Waals surface area contributed by atoms with Gasteiger partial charge in [0.15, 0.2) is 0 Å². The van der Waals surface area contributed by atoms with Gasteiger partial charge in [-0.15, -0.1) is 20.4 Å². The second-order valence-corrected chi connectivity index (χ2v) is 10.2. The van der Waals surface area contributed by atoms with Crippen LogP contribution in [0.3, 0.4) is 0 Å². The van der Waals surface area contributed by atoms with Gasteiger partial charge in [-0.05, 0) is 19.3 Å². The fourth-order valence-corrected chi connectivity index (χ4v) is 5.93. The number of aliphatic imine (C=N–C) groups is 1. The summed E-state index contributed by atoms with van der Waals surface area (Å²) in [5, 5.41) is 25.5. The van der Waals surface area contributed by atoms with E-state index < -0.39 is 0 Å². The van der Waals surface area contributed by atoms with Crippen LogP contribution in [0.1, 0.15) is 66.1 Å². The Kier molecular flexibility index (Phi) is 6.81. The molecular formula is C21H23N9O2S2. The third-order valence-corrected chi connectivity index (χ3v) is 7.70. The van der Waals surface area contributed by atoms with Crippen LogP contribution in [0.4, 0.5) is 10.3 Å². The Morgan fingerprint density at radius 2 is 1.65 bits per heavy atom. The van der Waals surface area contributed by atoms with E-state index in [1.54, 1.807) is 18.7 Å². The Morgan fingerprint density at radius 3 is 2.24 bits per heavy atom. The molecule has 3 aromatic heterocycles. The van der Waals surface area contributed by atoms with Crippen LogP contribution in [0.15, 0.2) is 29.3 Å². The molecule has 0 spiro atoms. The van der Waals surface area contributed by atoms with Crippen molar-refractivity contribution in [2.24, 2.45) is 4.99 Å². The second kappa shape index (κ2) is 10.3. The number of carbonyl (C=O) groups excluding carboxylic acids is 2. The van der Waals surface area contributed by atoms with E-state index in [2.05, 4.69) is 46.0 Å². The second-order valence-electron chi connectivity index (χ2n) is 8.20. The molecule has 0 saturated heterocycles. The minimum atomic E-state index is -0.171. The summed E-state index contributed by atoms with van der Waals surface area (Å²) in [6.07, 6.45) is 12.2. The van der Waals surface area contributed by atoms with Gasteiger partial charge in [0.2, 0.25) is 22.1 Å². The van der Waals surface area contributed by atoms with Gasteiger partial charge in [-0.3, -0.25) is 14.6 Å². The molecule has 4 heterocycles. The van der Waals surface area contributed by atoms with Gasteiger partial charge in [0.25, 0.3) is 0 Å². The van der Waals surface area contributed by atoms with E-state index >= 15 is 0 Å². The first kappa shape index (κ1) is 22.5. The van der Waals surface area contributed by atoms with E-state index in [-0.39, 0.29) is 36.5 Å². The van der Waals surface area contributed by atoms with E-state index in [9.17, 15) is 9.59 Å². The summed E-state index contributed by atoms with van der Waals surface area (Å²) in [7, 11) is 0. The van der Waals surface area contributed by atoms with Gasteiger partial charge in [0.1, 0.15) is 10.0 Å². The molecule has 0 bridgehead atoms. The van der Waals surface area contributed by atoms with Crippen molar-refractivity contribution >= 4 is 51.0 Å². The first-order valence-corrected chi connectivity index (χ1v) is 12.7. The molecule has 0 unspecified atom stereocenters. The summed E-state index contributed by atoms with van der Waals surface area (Å²) in [6, 6.07) is 0. The third kappa shape index (κ3) is 5.59. The lowest BCUT2D eigenvalue weighted by molar-refractivity contribution is -0.116. The molecule has 1 aliphatic carbocycles. The number of anilines is 2. The lowest BCUT2D eigenvalue weighted by Gasteiger charge is -2.25. The van der Waals surface area contributed by atoms with Crippen LogP contribution in [0.2, 0.25) is 0 Å². The SMILES string of the molecule is O=C(CC1=CCC=N1)Nc1nnc([C@H]2CCC[C@H](c3nnc(NC(=O)Cc4c[nH]cn4)s3)C2)s1. The number of H-pyrrole nitrogens is 1. The van der Waals surface area contributed by atoms with Crippen molar-refractivity contribution in [2.45, 2.75) is 56.8 Å².